The van der Waals surface area contributed by atoms with Gasteiger partial charge >= 0.3 is 6.18 Å². The van der Waals surface area contributed by atoms with Gasteiger partial charge in [-0.3, -0.25) is 0 Å². The van der Waals surface area contributed by atoms with E-state index in [0.717, 1.165) is 11.6 Å². The van der Waals surface area contributed by atoms with Crippen LogP contribution in [0.1, 0.15) is 11.3 Å². The van der Waals surface area contributed by atoms with E-state index in [1.165, 1.54) is 6.33 Å². The molecule has 2 N–H and O–H groups in total. The van der Waals surface area contributed by atoms with Crippen molar-refractivity contribution in [3.8, 4) is 0 Å². The largest absolute Gasteiger partial charge is 0.431 e. The summed E-state index contributed by atoms with van der Waals surface area (Å²) in [6.07, 6.45) is -3.20. The maximum absolute atomic E-state index is 12.7. The van der Waals surface area contributed by atoms with Gasteiger partial charge in [0.1, 0.15) is 23.5 Å². The zero-order valence-electron chi connectivity index (χ0n) is 10.8. The minimum absolute atomic E-state index is 0.160. The van der Waals surface area contributed by atoms with Gasteiger partial charge in [0.2, 0.25) is 0 Å². The number of nitrogens with zero attached hydrogens (tertiary/aromatic N) is 2. The van der Waals surface area contributed by atoms with Crippen LogP contribution in [0.5, 0.6) is 0 Å². The molecule has 0 saturated heterocycles. The van der Waals surface area contributed by atoms with Crippen LogP contribution in [0.25, 0.3) is 11.0 Å². The standard InChI is InChI=1S/C14H11F3N4/c15-14(16,17)11-6-10-12(19-8-20-13(10)21-11)18-7-9-4-2-1-3-5-9/h1-6,8H,7H2,(H2,18,19,20,21). The molecule has 4 nitrogen and oxygen atoms in total. The summed E-state index contributed by atoms with van der Waals surface area (Å²) in [6, 6.07) is 10.5. The SMILES string of the molecule is FC(F)(F)c1cc2c(NCc3ccccc3)ncnc2[nH]1. The Balaban J connectivity index is 1.90. The Labute approximate surface area is 118 Å². The van der Waals surface area contributed by atoms with Crippen molar-refractivity contribution in [2.75, 3.05) is 5.32 Å². The number of rotatable bonds is 3. The van der Waals surface area contributed by atoms with Crippen molar-refractivity contribution in [1.82, 2.24) is 15.0 Å². The lowest BCUT2D eigenvalue weighted by Gasteiger charge is -2.06. The van der Waals surface area contributed by atoms with E-state index in [1.54, 1.807) is 0 Å². The Morgan fingerprint density at radius 3 is 2.57 bits per heavy atom. The third kappa shape index (κ3) is 2.81. The van der Waals surface area contributed by atoms with Crippen LogP contribution in [0.3, 0.4) is 0 Å². The van der Waals surface area contributed by atoms with Gasteiger partial charge in [-0.2, -0.15) is 13.2 Å². The fourth-order valence-electron chi connectivity index (χ4n) is 2.02. The topological polar surface area (TPSA) is 53.6 Å². The molecule has 21 heavy (non-hydrogen) atoms. The molecule has 2 heterocycles. The molecular formula is C14H11F3N4. The average molecular weight is 292 g/mol. The molecule has 0 fully saturated rings. The van der Waals surface area contributed by atoms with Crippen LogP contribution in [0.4, 0.5) is 19.0 Å². The molecule has 0 bridgehead atoms. The molecule has 0 atom stereocenters. The lowest BCUT2D eigenvalue weighted by molar-refractivity contribution is -0.140. The second-order valence-electron chi connectivity index (χ2n) is 4.50. The number of aromatic nitrogens is 3. The van der Waals surface area contributed by atoms with Gasteiger partial charge in [0.25, 0.3) is 0 Å². The number of alkyl halides is 3. The summed E-state index contributed by atoms with van der Waals surface area (Å²) in [5.74, 6) is 0.371. The number of hydrogen-bond donors (Lipinski definition) is 2. The number of nitrogens with one attached hydrogen (secondary N) is 2. The number of fused-ring (bicyclic) bond motifs is 1. The van der Waals surface area contributed by atoms with Crippen molar-refractivity contribution >= 4 is 16.9 Å². The van der Waals surface area contributed by atoms with E-state index in [2.05, 4.69) is 20.3 Å². The fraction of sp³-hybridized carbons (Fsp3) is 0.143. The molecule has 0 aliphatic heterocycles. The second kappa shape index (κ2) is 5.08. The lowest BCUT2D eigenvalue weighted by Crippen LogP contribution is -2.04. The maximum Gasteiger partial charge on any atom is 0.431 e. The molecular weight excluding hydrogens is 281 g/mol. The summed E-state index contributed by atoms with van der Waals surface area (Å²) in [6.45, 7) is 0.472. The smallest absolute Gasteiger partial charge is 0.365 e. The number of aromatic amines is 1. The second-order valence-corrected chi connectivity index (χ2v) is 4.50. The Morgan fingerprint density at radius 2 is 1.86 bits per heavy atom. The van der Waals surface area contributed by atoms with Gasteiger partial charge < -0.3 is 10.3 Å². The number of hydrogen-bond acceptors (Lipinski definition) is 3. The average Bonchev–Trinajstić information content (AvgIpc) is 2.91. The first-order valence-electron chi connectivity index (χ1n) is 6.23. The highest BCUT2D eigenvalue weighted by Gasteiger charge is 2.33. The number of benzene rings is 1. The van der Waals surface area contributed by atoms with Crippen molar-refractivity contribution < 1.29 is 13.2 Å². The van der Waals surface area contributed by atoms with Crippen molar-refractivity contribution in [3.05, 3.63) is 54.0 Å². The highest BCUT2D eigenvalue weighted by atomic mass is 19.4. The fourth-order valence-corrected chi connectivity index (χ4v) is 2.02. The van der Waals surface area contributed by atoms with E-state index in [9.17, 15) is 13.2 Å². The summed E-state index contributed by atoms with van der Waals surface area (Å²) in [5.41, 5.74) is 0.337. The Kier molecular flexibility index (Phi) is 3.25. The molecule has 0 amide bonds. The van der Waals surface area contributed by atoms with Gasteiger partial charge in [0, 0.05) is 6.54 Å². The summed E-state index contributed by atoms with van der Waals surface area (Å²) < 4.78 is 38.1. The van der Waals surface area contributed by atoms with Crippen LogP contribution >= 0.6 is 0 Å². The highest BCUT2D eigenvalue weighted by molar-refractivity contribution is 5.87. The first kappa shape index (κ1) is 13.4. The van der Waals surface area contributed by atoms with Gasteiger partial charge in [-0.05, 0) is 11.6 Å². The minimum Gasteiger partial charge on any atom is -0.365 e. The third-order valence-electron chi connectivity index (χ3n) is 3.03. The molecule has 0 unspecified atom stereocenters. The van der Waals surface area contributed by atoms with Crippen molar-refractivity contribution in [3.63, 3.8) is 0 Å². The van der Waals surface area contributed by atoms with Crippen molar-refractivity contribution in [2.24, 2.45) is 0 Å². The van der Waals surface area contributed by atoms with Gasteiger partial charge in [-0.15, -0.1) is 0 Å². The van der Waals surface area contributed by atoms with E-state index in [-0.39, 0.29) is 5.65 Å². The van der Waals surface area contributed by atoms with Crippen LogP contribution in [0, 0.1) is 0 Å². The normalized spacial score (nSPS) is 11.8. The van der Waals surface area contributed by atoms with Gasteiger partial charge in [-0.25, -0.2) is 9.97 Å². The number of H-pyrrole nitrogens is 1. The highest BCUT2D eigenvalue weighted by Crippen LogP contribution is 2.32. The molecule has 0 aliphatic rings. The summed E-state index contributed by atoms with van der Waals surface area (Å²) in [4.78, 5) is 10.1. The van der Waals surface area contributed by atoms with Crippen LogP contribution in [-0.4, -0.2) is 15.0 Å². The molecule has 0 saturated carbocycles. The van der Waals surface area contributed by atoms with E-state index in [0.29, 0.717) is 17.7 Å². The van der Waals surface area contributed by atoms with Crippen LogP contribution < -0.4 is 5.32 Å². The van der Waals surface area contributed by atoms with E-state index >= 15 is 0 Å². The van der Waals surface area contributed by atoms with Gasteiger partial charge in [0.05, 0.1) is 5.39 Å². The predicted octanol–water partition coefficient (Wildman–Crippen LogP) is 3.59. The molecule has 108 valence electrons. The Bertz CT molecular complexity index is 750. The molecule has 7 heteroatoms. The Morgan fingerprint density at radius 1 is 1.10 bits per heavy atom. The van der Waals surface area contributed by atoms with Gasteiger partial charge in [0.15, 0.2) is 0 Å². The quantitative estimate of drug-likeness (QED) is 0.775. The molecule has 0 spiro atoms. The molecule has 0 radical (unpaired) electrons. The van der Waals surface area contributed by atoms with Crippen LogP contribution in [-0.2, 0) is 12.7 Å². The molecule has 0 aliphatic carbocycles. The van der Waals surface area contributed by atoms with Crippen LogP contribution in [0.2, 0.25) is 0 Å². The number of halogens is 3. The summed E-state index contributed by atoms with van der Waals surface area (Å²) in [7, 11) is 0. The van der Waals surface area contributed by atoms with Crippen LogP contribution in [0.15, 0.2) is 42.7 Å². The lowest BCUT2D eigenvalue weighted by atomic mass is 10.2. The van der Waals surface area contributed by atoms with Crippen molar-refractivity contribution in [2.45, 2.75) is 12.7 Å². The third-order valence-corrected chi connectivity index (χ3v) is 3.03. The minimum atomic E-state index is -4.43. The maximum atomic E-state index is 12.7. The van der Waals surface area contributed by atoms with E-state index in [4.69, 9.17) is 0 Å². The Hall–Kier alpha value is -2.57. The zero-order valence-corrected chi connectivity index (χ0v) is 10.8. The molecule has 2 aromatic heterocycles. The monoisotopic (exact) mass is 292 g/mol. The summed E-state index contributed by atoms with van der Waals surface area (Å²) in [5, 5.41) is 3.35. The first-order chi connectivity index (χ1) is 10.0. The zero-order chi connectivity index (χ0) is 14.9. The predicted molar refractivity (Wildman–Crippen MR) is 72.7 cm³/mol. The number of anilines is 1. The van der Waals surface area contributed by atoms with E-state index in [1.807, 2.05) is 30.3 Å². The summed E-state index contributed by atoms with van der Waals surface area (Å²) >= 11 is 0. The molecule has 3 aromatic rings. The van der Waals surface area contributed by atoms with Gasteiger partial charge in [-0.1, -0.05) is 30.3 Å². The molecule has 1 aromatic carbocycles. The van der Waals surface area contributed by atoms with E-state index < -0.39 is 11.9 Å². The molecule has 3 rings (SSSR count). The van der Waals surface area contributed by atoms with Crippen molar-refractivity contribution in [1.29, 1.82) is 0 Å². The first-order valence-corrected chi connectivity index (χ1v) is 6.23.